The van der Waals surface area contributed by atoms with Crippen molar-refractivity contribution in [2.45, 2.75) is 23.8 Å². The molecule has 3 heterocycles. The summed E-state index contributed by atoms with van der Waals surface area (Å²) in [6, 6.07) is 14.6. The standard InChI is InChI=1S/C17H18N6O2S/c24-26(25,23-11-5-8-14(12-23)17-19-21-22-20-17)16-10-4-9-15(18-16)13-6-2-1-3-7-13/h1-4,6-7,9-10,14H,5,8,11-12H2,(H,19,20,21,22). The van der Waals surface area contributed by atoms with Crippen LogP contribution in [0.25, 0.3) is 11.3 Å². The maximum Gasteiger partial charge on any atom is 0.260 e. The molecule has 1 aliphatic heterocycles. The van der Waals surface area contributed by atoms with Crippen molar-refractivity contribution in [3.05, 3.63) is 54.4 Å². The fourth-order valence-corrected chi connectivity index (χ4v) is 4.65. The van der Waals surface area contributed by atoms with Crippen LogP contribution in [0, 0.1) is 0 Å². The van der Waals surface area contributed by atoms with Gasteiger partial charge >= 0.3 is 0 Å². The van der Waals surface area contributed by atoms with E-state index >= 15 is 0 Å². The molecule has 0 amide bonds. The molecule has 1 N–H and O–H groups in total. The van der Waals surface area contributed by atoms with Gasteiger partial charge in [-0.3, -0.25) is 0 Å². The molecule has 9 heteroatoms. The molecule has 8 nitrogen and oxygen atoms in total. The van der Waals surface area contributed by atoms with E-state index in [4.69, 9.17) is 0 Å². The van der Waals surface area contributed by atoms with Gasteiger partial charge in [0.25, 0.3) is 10.0 Å². The number of pyridine rings is 1. The number of rotatable bonds is 4. The van der Waals surface area contributed by atoms with Gasteiger partial charge in [0.1, 0.15) is 0 Å². The Morgan fingerprint density at radius 1 is 1.08 bits per heavy atom. The number of tetrazole rings is 1. The highest BCUT2D eigenvalue weighted by atomic mass is 32.2. The lowest BCUT2D eigenvalue weighted by atomic mass is 9.99. The topological polar surface area (TPSA) is 105 Å². The molecule has 1 unspecified atom stereocenters. The summed E-state index contributed by atoms with van der Waals surface area (Å²) in [4.78, 5) is 4.40. The molecule has 0 aliphatic carbocycles. The van der Waals surface area contributed by atoms with Crippen molar-refractivity contribution in [3.63, 3.8) is 0 Å². The highest BCUT2D eigenvalue weighted by molar-refractivity contribution is 7.89. The number of nitrogens with one attached hydrogen (secondary N) is 1. The molecule has 0 bridgehead atoms. The van der Waals surface area contributed by atoms with Crippen LogP contribution in [0.1, 0.15) is 24.6 Å². The fraction of sp³-hybridized carbons (Fsp3) is 0.294. The van der Waals surface area contributed by atoms with Crippen molar-refractivity contribution in [2.24, 2.45) is 0 Å². The van der Waals surface area contributed by atoms with Gasteiger partial charge in [-0.05, 0) is 25.0 Å². The molecule has 0 saturated carbocycles. The Morgan fingerprint density at radius 3 is 2.69 bits per heavy atom. The molecular formula is C17H18N6O2S. The van der Waals surface area contributed by atoms with Crippen molar-refractivity contribution >= 4 is 10.0 Å². The first-order valence-corrected chi connectivity index (χ1v) is 9.84. The van der Waals surface area contributed by atoms with E-state index in [1.165, 1.54) is 4.31 Å². The van der Waals surface area contributed by atoms with Gasteiger partial charge in [0.05, 0.1) is 5.69 Å². The molecule has 4 rings (SSSR count). The lowest BCUT2D eigenvalue weighted by molar-refractivity contribution is 0.308. The number of hydrogen-bond acceptors (Lipinski definition) is 6. The van der Waals surface area contributed by atoms with Gasteiger partial charge in [0.15, 0.2) is 10.9 Å². The third kappa shape index (κ3) is 3.23. The lowest BCUT2D eigenvalue weighted by Gasteiger charge is -2.30. The molecule has 3 aromatic rings. The largest absolute Gasteiger partial charge is 0.260 e. The van der Waals surface area contributed by atoms with E-state index in [-0.39, 0.29) is 10.9 Å². The Hall–Kier alpha value is -2.65. The summed E-state index contributed by atoms with van der Waals surface area (Å²) >= 11 is 0. The minimum Gasteiger partial charge on any atom is -0.235 e. The quantitative estimate of drug-likeness (QED) is 0.751. The maximum absolute atomic E-state index is 13.1. The van der Waals surface area contributed by atoms with Crippen LogP contribution in [0.2, 0.25) is 0 Å². The van der Waals surface area contributed by atoms with Gasteiger partial charge < -0.3 is 0 Å². The normalized spacial score (nSPS) is 18.7. The second-order valence-corrected chi connectivity index (χ2v) is 8.08. The number of nitrogens with zero attached hydrogens (tertiary/aromatic N) is 5. The van der Waals surface area contributed by atoms with E-state index in [1.54, 1.807) is 12.1 Å². The van der Waals surface area contributed by atoms with Crippen molar-refractivity contribution in [1.29, 1.82) is 0 Å². The minimum atomic E-state index is -3.68. The number of sulfonamides is 1. The molecular weight excluding hydrogens is 352 g/mol. The van der Waals surface area contributed by atoms with E-state index in [0.29, 0.717) is 24.6 Å². The van der Waals surface area contributed by atoms with Gasteiger partial charge in [-0.25, -0.2) is 13.4 Å². The smallest absolute Gasteiger partial charge is 0.235 e. The zero-order valence-electron chi connectivity index (χ0n) is 14.0. The summed E-state index contributed by atoms with van der Waals surface area (Å²) in [5, 5.41) is 14.1. The molecule has 0 radical (unpaired) electrons. The van der Waals surface area contributed by atoms with Crippen LogP contribution >= 0.6 is 0 Å². The van der Waals surface area contributed by atoms with Gasteiger partial charge in [0, 0.05) is 24.6 Å². The first kappa shape index (κ1) is 16.8. The lowest BCUT2D eigenvalue weighted by Crippen LogP contribution is -2.39. The second kappa shape index (κ2) is 6.93. The Kier molecular flexibility index (Phi) is 4.48. The van der Waals surface area contributed by atoms with E-state index < -0.39 is 10.0 Å². The third-order valence-electron chi connectivity index (χ3n) is 4.51. The number of aromatic nitrogens is 5. The van der Waals surface area contributed by atoms with Crippen LogP contribution < -0.4 is 0 Å². The molecule has 134 valence electrons. The summed E-state index contributed by atoms with van der Waals surface area (Å²) in [6.45, 7) is 0.799. The van der Waals surface area contributed by atoms with Gasteiger partial charge in [-0.2, -0.15) is 9.52 Å². The zero-order valence-corrected chi connectivity index (χ0v) is 14.8. The van der Waals surface area contributed by atoms with Crippen molar-refractivity contribution < 1.29 is 8.42 Å². The van der Waals surface area contributed by atoms with E-state index in [0.717, 1.165) is 18.4 Å². The maximum atomic E-state index is 13.1. The van der Waals surface area contributed by atoms with E-state index in [2.05, 4.69) is 25.6 Å². The minimum absolute atomic E-state index is 0.0606. The molecule has 1 saturated heterocycles. The van der Waals surface area contributed by atoms with E-state index in [9.17, 15) is 8.42 Å². The van der Waals surface area contributed by atoms with Gasteiger partial charge in [0.2, 0.25) is 0 Å². The van der Waals surface area contributed by atoms with Crippen molar-refractivity contribution in [1.82, 2.24) is 29.9 Å². The third-order valence-corrected chi connectivity index (χ3v) is 6.28. The Labute approximate surface area is 151 Å². The number of H-pyrrole nitrogens is 1. The van der Waals surface area contributed by atoms with Crippen LogP contribution in [0.3, 0.4) is 0 Å². The predicted octanol–water partition coefficient (Wildman–Crippen LogP) is 1.83. The number of benzene rings is 1. The second-order valence-electron chi connectivity index (χ2n) is 6.20. The molecule has 1 aromatic carbocycles. The first-order valence-electron chi connectivity index (χ1n) is 8.40. The Morgan fingerprint density at radius 2 is 1.92 bits per heavy atom. The highest BCUT2D eigenvalue weighted by Gasteiger charge is 2.33. The average Bonchev–Trinajstić information content (AvgIpc) is 3.24. The Balaban J connectivity index is 1.62. The molecule has 26 heavy (non-hydrogen) atoms. The summed E-state index contributed by atoms with van der Waals surface area (Å²) in [5.74, 6) is 0.491. The molecule has 1 fully saturated rings. The molecule has 0 spiro atoms. The predicted molar refractivity (Wildman–Crippen MR) is 94.6 cm³/mol. The number of piperidine rings is 1. The molecule has 1 aliphatic rings. The van der Waals surface area contributed by atoms with Crippen LogP contribution in [-0.4, -0.2) is 51.4 Å². The Bertz CT molecular complexity index is 976. The van der Waals surface area contributed by atoms with Crippen LogP contribution in [0.4, 0.5) is 0 Å². The fourth-order valence-electron chi connectivity index (χ4n) is 3.17. The number of aromatic amines is 1. The van der Waals surface area contributed by atoms with Crippen LogP contribution in [0.5, 0.6) is 0 Å². The highest BCUT2D eigenvalue weighted by Crippen LogP contribution is 2.28. The SMILES string of the molecule is O=S(=O)(c1cccc(-c2ccccc2)n1)N1CCCC(c2nn[nH]n2)C1. The summed E-state index contributed by atoms with van der Waals surface area (Å²) in [6.07, 6.45) is 1.58. The van der Waals surface area contributed by atoms with E-state index in [1.807, 2.05) is 36.4 Å². The van der Waals surface area contributed by atoms with Gasteiger partial charge in [-0.15, -0.1) is 10.2 Å². The van der Waals surface area contributed by atoms with Crippen molar-refractivity contribution in [3.8, 4) is 11.3 Å². The summed E-state index contributed by atoms with van der Waals surface area (Å²) in [5.41, 5.74) is 1.52. The van der Waals surface area contributed by atoms with Crippen LogP contribution in [-0.2, 0) is 10.0 Å². The van der Waals surface area contributed by atoms with Crippen molar-refractivity contribution in [2.75, 3.05) is 13.1 Å². The molecule has 2 aromatic heterocycles. The van der Waals surface area contributed by atoms with Gasteiger partial charge in [-0.1, -0.05) is 41.6 Å². The molecule has 1 atom stereocenters. The van der Waals surface area contributed by atoms with Crippen LogP contribution in [0.15, 0.2) is 53.6 Å². The zero-order chi connectivity index (χ0) is 18.0. The average molecular weight is 370 g/mol. The monoisotopic (exact) mass is 370 g/mol. The summed E-state index contributed by atoms with van der Waals surface area (Å²) in [7, 11) is -3.68. The summed E-state index contributed by atoms with van der Waals surface area (Å²) < 4.78 is 27.6. The number of hydrogen-bond donors (Lipinski definition) is 1. The first-order chi connectivity index (χ1) is 12.6.